The molecule has 40 heavy (non-hydrogen) atoms. The number of para-hydroxylation sites is 5. The zero-order chi connectivity index (χ0) is 26.2. The van der Waals surface area contributed by atoms with Crippen LogP contribution in [-0.4, -0.2) is 11.7 Å². The molecule has 0 spiro atoms. The maximum Gasteiger partial charge on any atom is 0.252 e. The standard InChI is InChI=1S/C35H22BN3O/c1-2-11-24(12-3-1)38-28-16-5-4-13-25(28)36-26-14-10-19-33-35(26)39(29-17-6-7-18-32(29)40-33)31-22-23(21-30(38)34(31)36)27-15-8-9-20-37-27/h1-22H. The summed E-state index contributed by atoms with van der Waals surface area (Å²) in [5, 5.41) is 0. The summed E-state index contributed by atoms with van der Waals surface area (Å²) in [4.78, 5) is 9.58. The maximum absolute atomic E-state index is 6.51. The van der Waals surface area contributed by atoms with Crippen LogP contribution in [0.25, 0.3) is 11.3 Å². The molecule has 186 valence electrons. The highest BCUT2D eigenvalue weighted by Crippen LogP contribution is 2.53. The summed E-state index contributed by atoms with van der Waals surface area (Å²) in [5.41, 5.74) is 12.7. The number of hydrogen-bond donors (Lipinski definition) is 0. The largest absolute Gasteiger partial charge is 0.453 e. The first-order valence-electron chi connectivity index (χ1n) is 13.6. The van der Waals surface area contributed by atoms with Crippen LogP contribution in [-0.2, 0) is 0 Å². The SMILES string of the molecule is c1ccc(N2c3ccccc3B3c4cccc5c4N(c4ccccc4O5)c4cc(-c5ccccn5)cc2c43)cc1. The number of benzene rings is 5. The molecule has 0 saturated heterocycles. The zero-order valence-corrected chi connectivity index (χ0v) is 21.5. The molecule has 0 aliphatic carbocycles. The number of fused-ring (bicyclic) bond motifs is 6. The molecule has 0 N–H and O–H groups in total. The van der Waals surface area contributed by atoms with Gasteiger partial charge in [0.1, 0.15) is 0 Å². The summed E-state index contributed by atoms with van der Waals surface area (Å²) < 4.78 is 6.51. The normalized spacial score (nSPS) is 13.6. The minimum absolute atomic E-state index is 0.0685. The smallest absolute Gasteiger partial charge is 0.252 e. The van der Waals surface area contributed by atoms with Crippen molar-refractivity contribution in [3.05, 3.63) is 134 Å². The molecule has 3 aliphatic rings. The molecule has 0 unspecified atom stereocenters. The summed E-state index contributed by atoms with van der Waals surface area (Å²) in [5.74, 6) is 1.74. The van der Waals surface area contributed by atoms with Crippen LogP contribution in [0.1, 0.15) is 0 Å². The van der Waals surface area contributed by atoms with E-state index in [1.54, 1.807) is 0 Å². The second kappa shape index (κ2) is 8.11. The van der Waals surface area contributed by atoms with Gasteiger partial charge < -0.3 is 14.5 Å². The van der Waals surface area contributed by atoms with Crippen LogP contribution in [0.4, 0.5) is 34.1 Å². The van der Waals surface area contributed by atoms with E-state index in [1.807, 2.05) is 18.3 Å². The number of ether oxygens (including phenoxy) is 1. The molecule has 0 saturated carbocycles. The molecule has 0 atom stereocenters. The van der Waals surface area contributed by atoms with E-state index in [-0.39, 0.29) is 6.71 Å². The van der Waals surface area contributed by atoms with Crippen molar-refractivity contribution in [3.63, 3.8) is 0 Å². The average molecular weight is 511 g/mol. The Morgan fingerprint density at radius 3 is 2.10 bits per heavy atom. The van der Waals surface area contributed by atoms with Gasteiger partial charge in [0.2, 0.25) is 0 Å². The fourth-order valence-corrected chi connectivity index (χ4v) is 6.68. The van der Waals surface area contributed by atoms with Gasteiger partial charge in [0, 0.05) is 34.5 Å². The summed E-state index contributed by atoms with van der Waals surface area (Å²) >= 11 is 0. The second-order valence-electron chi connectivity index (χ2n) is 10.4. The van der Waals surface area contributed by atoms with Crippen molar-refractivity contribution in [1.29, 1.82) is 0 Å². The van der Waals surface area contributed by atoms with Crippen LogP contribution >= 0.6 is 0 Å². The fourth-order valence-electron chi connectivity index (χ4n) is 6.68. The maximum atomic E-state index is 6.51. The number of anilines is 6. The van der Waals surface area contributed by atoms with Gasteiger partial charge in [0.05, 0.1) is 17.1 Å². The molecular formula is C35H22BN3O. The molecule has 4 heterocycles. The lowest BCUT2D eigenvalue weighted by Gasteiger charge is -2.46. The molecular weight excluding hydrogens is 489 g/mol. The lowest BCUT2D eigenvalue weighted by Crippen LogP contribution is -2.61. The molecule has 1 aromatic heterocycles. The molecule has 3 aliphatic heterocycles. The van der Waals surface area contributed by atoms with Crippen molar-refractivity contribution in [2.24, 2.45) is 0 Å². The Morgan fingerprint density at radius 2 is 1.25 bits per heavy atom. The lowest BCUT2D eigenvalue weighted by atomic mass is 9.33. The highest BCUT2D eigenvalue weighted by molar-refractivity contribution is 7.00. The Morgan fingerprint density at radius 1 is 0.550 bits per heavy atom. The van der Waals surface area contributed by atoms with Crippen LogP contribution in [0.3, 0.4) is 0 Å². The quantitative estimate of drug-likeness (QED) is 0.235. The Balaban J connectivity index is 1.44. The van der Waals surface area contributed by atoms with Gasteiger partial charge in [-0.2, -0.15) is 0 Å². The molecule has 9 rings (SSSR count). The third-order valence-corrected chi connectivity index (χ3v) is 8.26. The predicted molar refractivity (Wildman–Crippen MR) is 164 cm³/mol. The molecule has 4 nitrogen and oxygen atoms in total. The van der Waals surface area contributed by atoms with Crippen molar-refractivity contribution >= 4 is 57.2 Å². The number of pyridine rings is 1. The van der Waals surface area contributed by atoms with E-state index in [0.717, 1.165) is 45.5 Å². The van der Waals surface area contributed by atoms with Gasteiger partial charge in [-0.25, -0.2) is 0 Å². The first kappa shape index (κ1) is 21.6. The van der Waals surface area contributed by atoms with E-state index in [9.17, 15) is 0 Å². The topological polar surface area (TPSA) is 28.6 Å². The van der Waals surface area contributed by atoms with E-state index in [0.29, 0.717) is 0 Å². The van der Waals surface area contributed by atoms with Crippen molar-refractivity contribution in [2.75, 3.05) is 9.80 Å². The van der Waals surface area contributed by atoms with Crippen molar-refractivity contribution in [1.82, 2.24) is 4.98 Å². The van der Waals surface area contributed by atoms with Crippen LogP contribution in [0.15, 0.2) is 134 Å². The van der Waals surface area contributed by atoms with Gasteiger partial charge in [0.25, 0.3) is 6.71 Å². The summed E-state index contributed by atoms with van der Waals surface area (Å²) in [6.07, 6.45) is 1.87. The Kier molecular flexibility index (Phi) is 4.38. The van der Waals surface area contributed by atoms with Crippen LogP contribution < -0.4 is 30.9 Å². The van der Waals surface area contributed by atoms with E-state index in [4.69, 9.17) is 9.72 Å². The van der Waals surface area contributed by atoms with Crippen molar-refractivity contribution in [3.8, 4) is 22.8 Å². The highest BCUT2D eigenvalue weighted by atomic mass is 16.5. The molecule has 5 heteroatoms. The zero-order valence-electron chi connectivity index (χ0n) is 21.5. The van der Waals surface area contributed by atoms with Crippen LogP contribution in [0, 0.1) is 0 Å². The molecule has 0 amide bonds. The van der Waals surface area contributed by atoms with E-state index in [1.165, 1.54) is 27.8 Å². The molecule has 0 radical (unpaired) electrons. The highest BCUT2D eigenvalue weighted by Gasteiger charge is 2.45. The molecule has 0 bridgehead atoms. The van der Waals surface area contributed by atoms with Gasteiger partial charge in [-0.3, -0.25) is 4.98 Å². The minimum Gasteiger partial charge on any atom is -0.453 e. The minimum atomic E-state index is 0.0685. The third-order valence-electron chi connectivity index (χ3n) is 8.26. The van der Waals surface area contributed by atoms with Crippen LogP contribution in [0.5, 0.6) is 11.5 Å². The lowest BCUT2D eigenvalue weighted by molar-refractivity contribution is 0.477. The Hall–Kier alpha value is -5.29. The van der Waals surface area contributed by atoms with E-state index >= 15 is 0 Å². The monoisotopic (exact) mass is 511 g/mol. The number of rotatable bonds is 2. The third kappa shape index (κ3) is 2.89. The average Bonchev–Trinajstić information content (AvgIpc) is 3.02. The molecule has 6 aromatic rings. The first-order chi connectivity index (χ1) is 19.9. The van der Waals surface area contributed by atoms with Gasteiger partial charge in [-0.05, 0) is 77.1 Å². The summed E-state index contributed by atoms with van der Waals surface area (Å²) in [6.45, 7) is 0.0685. The van der Waals surface area contributed by atoms with Crippen molar-refractivity contribution < 1.29 is 4.74 Å². The predicted octanol–water partition coefficient (Wildman–Crippen LogP) is 6.94. The first-order valence-corrected chi connectivity index (χ1v) is 13.6. The fraction of sp³-hybridized carbons (Fsp3) is 0. The summed E-state index contributed by atoms with van der Waals surface area (Å²) in [7, 11) is 0. The second-order valence-corrected chi connectivity index (χ2v) is 10.4. The van der Waals surface area contributed by atoms with Crippen LogP contribution in [0.2, 0.25) is 0 Å². The number of nitrogens with zero attached hydrogens (tertiary/aromatic N) is 3. The van der Waals surface area contributed by atoms with Gasteiger partial charge in [-0.1, -0.05) is 66.7 Å². The Bertz CT molecular complexity index is 1960. The summed E-state index contributed by atoms with van der Waals surface area (Å²) in [6, 6.07) is 45.0. The van der Waals surface area contributed by atoms with Gasteiger partial charge in [0.15, 0.2) is 11.5 Å². The number of hydrogen-bond acceptors (Lipinski definition) is 4. The Labute approximate surface area is 232 Å². The molecule has 0 fully saturated rings. The van der Waals surface area contributed by atoms with E-state index in [2.05, 4.69) is 125 Å². The van der Waals surface area contributed by atoms with E-state index < -0.39 is 0 Å². The number of aromatic nitrogens is 1. The molecule has 5 aromatic carbocycles. The van der Waals surface area contributed by atoms with Crippen molar-refractivity contribution in [2.45, 2.75) is 0 Å². The van der Waals surface area contributed by atoms with Gasteiger partial charge >= 0.3 is 0 Å². The van der Waals surface area contributed by atoms with Gasteiger partial charge in [-0.15, -0.1) is 0 Å².